The molecule has 0 radical (unpaired) electrons. The third-order valence-corrected chi connectivity index (χ3v) is 7.19. The number of piperidine rings is 1. The lowest BCUT2D eigenvalue weighted by molar-refractivity contribution is -0.137. The SMILES string of the molecule is O=C(NCc1ccc2c(c1)OCO2)C1CCN(C(=O)C2Sc3ccccc3NC2=O)CC1. The zero-order chi connectivity index (χ0) is 22.1. The number of ether oxygens (including phenoxy) is 2. The summed E-state index contributed by atoms with van der Waals surface area (Å²) in [4.78, 5) is 40.6. The van der Waals surface area contributed by atoms with Crippen molar-refractivity contribution in [3.63, 3.8) is 0 Å². The first-order chi connectivity index (χ1) is 15.6. The summed E-state index contributed by atoms with van der Waals surface area (Å²) < 4.78 is 10.7. The second kappa shape index (κ2) is 8.74. The number of benzene rings is 2. The van der Waals surface area contributed by atoms with Crippen molar-refractivity contribution in [3.8, 4) is 11.5 Å². The van der Waals surface area contributed by atoms with E-state index in [9.17, 15) is 14.4 Å². The molecule has 1 atom stereocenters. The normalized spacial score (nSPS) is 19.8. The monoisotopic (exact) mass is 453 g/mol. The fraction of sp³-hybridized carbons (Fsp3) is 0.348. The first-order valence-electron chi connectivity index (χ1n) is 10.6. The molecule has 0 aliphatic carbocycles. The van der Waals surface area contributed by atoms with Gasteiger partial charge < -0.3 is 25.0 Å². The molecule has 32 heavy (non-hydrogen) atoms. The molecule has 3 amide bonds. The van der Waals surface area contributed by atoms with Crippen molar-refractivity contribution in [2.45, 2.75) is 29.5 Å². The van der Waals surface area contributed by atoms with Crippen molar-refractivity contribution in [3.05, 3.63) is 48.0 Å². The number of para-hydroxylation sites is 1. The van der Waals surface area contributed by atoms with E-state index in [1.807, 2.05) is 42.5 Å². The van der Waals surface area contributed by atoms with Gasteiger partial charge in [0.25, 0.3) is 0 Å². The maximum atomic E-state index is 13.0. The Morgan fingerprint density at radius 1 is 1.09 bits per heavy atom. The number of likely N-dealkylation sites (tertiary alicyclic amines) is 1. The van der Waals surface area contributed by atoms with E-state index in [0.717, 1.165) is 16.1 Å². The van der Waals surface area contributed by atoms with Gasteiger partial charge in [-0.05, 0) is 42.7 Å². The molecular formula is C23H23N3O5S. The molecule has 1 saturated heterocycles. The summed E-state index contributed by atoms with van der Waals surface area (Å²) in [6, 6.07) is 13.1. The van der Waals surface area contributed by atoms with E-state index in [4.69, 9.17) is 9.47 Å². The van der Waals surface area contributed by atoms with Gasteiger partial charge in [0.1, 0.15) is 0 Å². The number of nitrogens with one attached hydrogen (secondary N) is 2. The van der Waals surface area contributed by atoms with Gasteiger partial charge in [-0.25, -0.2) is 0 Å². The fourth-order valence-electron chi connectivity index (χ4n) is 4.13. The van der Waals surface area contributed by atoms with Gasteiger partial charge in [0.05, 0.1) is 5.69 Å². The van der Waals surface area contributed by atoms with E-state index < -0.39 is 5.25 Å². The van der Waals surface area contributed by atoms with E-state index in [2.05, 4.69) is 10.6 Å². The molecule has 2 N–H and O–H groups in total. The maximum absolute atomic E-state index is 13.0. The van der Waals surface area contributed by atoms with Crippen molar-refractivity contribution < 1.29 is 23.9 Å². The van der Waals surface area contributed by atoms with Crippen LogP contribution in [0.3, 0.4) is 0 Å². The Morgan fingerprint density at radius 2 is 1.88 bits per heavy atom. The van der Waals surface area contributed by atoms with Gasteiger partial charge >= 0.3 is 0 Å². The number of amides is 3. The number of hydrogen-bond donors (Lipinski definition) is 2. The van der Waals surface area contributed by atoms with Gasteiger partial charge in [-0.3, -0.25) is 14.4 Å². The van der Waals surface area contributed by atoms with Gasteiger partial charge in [0.2, 0.25) is 24.5 Å². The topological polar surface area (TPSA) is 97.0 Å². The van der Waals surface area contributed by atoms with Crippen LogP contribution >= 0.6 is 11.8 Å². The Balaban J connectivity index is 1.12. The van der Waals surface area contributed by atoms with Gasteiger partial charge in [-0.15, -0.1) is 11.8 Å². The zero-order valence-electron chi connectivity index (χ0n) is 17.3. The molecule has 0 bridgehead atoms. The van der Waals surface area contributed by atoms with E-state index in [1.165, 1.54) is 11.8 Å². The number of rotatable bonds is 4. The van der Waals surface area contributed by atoms with Gasteiger partial charge in [0, 0.05) is 30.4 Å². The van der Waals surface area contributed by atoms with Crippen LogP contribution in [-0.2, 0) is 20.9 Å². The molecule has 2 aromatic carbocycles. The average Bonchev–Trinajstić information content (AvgIpc) is 3.30. The summed E-state index contributed by atoms with van der Waals surface area (Å²) in [6.45, 7) is 1.56. The van der Waals surface area contributed by atoms with Crippen LogP contribution < -0.4 is 20.1 Å². The molecule has 5 rings (SSSR count). The lowest BCUT2D eigenvalue weighted by Crippen LogP contribution is -2.49. The molecule has 0 aromatic heterocycles. The first-order valence-corrected chi connectivity index (χ1v) is 11.5. The van der Waals surface area contributed by atoms with Crippen LogP contribution in [0, 0.1) is 5.92 Å². The summed E-state index contributed by atoms with van der Waals surface area (Å²) >= 11 is 1.29. The second-order valence-electron chi connectivity index (χ2n) is 7.99. The smallest absolute Gasteiger partial charge is 0.247 e. The predicted molar refractivity (Wildman–Crippen MR) is 118 cm³/mol. The zero-order valence-corrected chi connectivity index (χ0v) is 18.2. The van der Waals surface area contributed by atoms with Crippen LogP contribution in [0.4, 0.5) is 5.69 Å². The van der Waals surface area contributed by atoms with Crippen LogP contribution in [0.5, 0.6) is 11.5 Å². The van der Waals surface area contributed by atoms with Crippen molar-refractivity contribution in [1.29, 1.82) is 0 Å². The number of carbonyl (C=O) groups excluding carboxylic acids is 3. The summed E-state index contributed by atoms with van der Waals surface area (Å²) in [5, 5.41) is 5.00. The summed E-state index contributed by atoms with van der Waals surface area (Å²) in [6.07, 6.45) is 1.16. The van der Waals surface area contributed by atoms with Crippen molar-refractivity contribution in [1.82, 2.24) is 10.2 Å². The molecule has 2 aromatic rings. The Hall–Kier alpha value is -3.20. The molecule has 8 nitrogen and oxygen atoms in total. The molecular weight excluding hydrogens is 430 g/mol. The number of fused-ring (bicyclic) bond motifs is 2. The average molecular weight is 454 g/mol. The van der Waals surface area contributed by atoms with Gasteiger partial charge in [0.15, 0.2) is 16.7 Å². The highest BCUT2D eigenvalue weighted by Crippen LogP contribution is 2.36. The predicted octanol–water partition coefficient (Wildman–Crippen LogP) is 2.38. The quantitative estimate of drug-likeness (QED) is 0.690. The number of thioether (sulfide) groups is 1. The molecule has 0 saturated carbocycles. The summed E-state index contributed by atoms with van der Waals surface area (Å²) in [5.41, 5.74) is 1.68. The van der Waals surface area contributed by atoms with Gasteiger partial charge in [-0.2, -0.15) is 0 Å². The molecule has 0 spiro atoms. The molecule has 3 aliphatic rings. The number of hydrogen-bond acceptors (Lipinski definition) is 6. The highest BCUT2D eigenvalue weighted by atomic mass is 32.2. The Morgan fingerprint density at radius 3 is 2.72 bits per heavy atom. The Kier molecular flexibility index (Phi) is 5.65. The molecule has 1 fully saturated rings. The minimum Gasteiger partial charge on any atom is -0.454 e. The summed E-state index contributed by atoms with van der Waals surface area (Å²) in [5.74, 6) is 0.750. The summed E-state index contributed by atoms with van der Waals surface area (Å²) in [7, 11) is 0. The van der Waals surface area contributed by atoms with Crippen LogP contribution in [0.25, 0.3) is 0 Å². The third kappa shape index (κ3) is 4.12. The Bertz CT molecular complexity index is 1070. The third-order valence-electron chi connectivity index (χ3n) is 5.93. The minimum absolute atomic E-state index is 0.0199. The van der Waals surface area contributed by atoms with E-state index in [0.29, 0.717) is 44.0 Å². The van der Waals surface area contributed by atoms with Crippen molar-refractivity contribution in [2.24, 2.45) is 5.92 Å². The molecule has 3 heterocycles. The lowest BCUT2D eigenvalue weighted by atomic mass is 9.95. The maximum Gasteiger partial charge on any atom is 0.247 e. The minimum atomic E-state index is -0.790. The lowest BCUT2D eigenvalue weighted by Gasteiger charge is -2.34. The standard InChI is InChI=1S/C23H23N3O5S/c27-21(24-12-14-5-6-17-18(11-14)31-13-30-17)15-7-9-26(10-8-15)23(29)20-22(28)25-16-3-1-2-4-19(16)32-20/h1-6,11,15,20H,7-10,12-13H2,(H,24,27)(H,25,28). The van der Waals surface area contributed by atoms with Crippen LogP contribution in [0.15, 0.2) is 47.4 Å². The Labute approximate surface area is 189 Å². The van der Waals surface area contributed by atoms with E-state index >= 15 is 0 Å². The van der Waals surface area contributed by atoms with Crippen molar-refractivity contribution in [2.75, 3.05) is 25.2 Å². The second-order valence-corrected chi connectivity index (χ2v) is 9.14. The number of anilines is 1. The molecule has 9 heteroatoms. The molecule has 3 aliphatic heterocycles. The van der Waals surface area contributed by atoms with Crippen molar-refractivity contribution >= 4 is 35.2 Å². The molecule has 1 unspecified atom stereocenters. The highest BCUT2D eigenvalue weighted by Gasteiger charge is 2.37. The van der Waals surface area contributed by atoms with Crippen LogP contribution in [0.1, 0.15) is 18.4 Å². The first kappa shape index (κ1) is 20.7. The van der Waals surface area contributed by atoms with Gasteiger partial charge in [-0.1, -0.05) is 18.2 Å². The van der Waals surface area contributed by atoms with E-state index in [-0.39, 0.29) is 30.4 Å². The van der Waals surface area contributed by atoms with Crippen LogP contribution in [-0.4, -0.2) is 47.8 Å². The largest absolute Gasteiger partial charge is 0.454 e. The highest BCUT2D eigenvalue weighted by molar-refractivity contribution is 8.01. The molecule has 166 valence electrons. The fourth-order valence-corrected chi connectivity index (χ4v) is 5.20. The van der Waals surface area contributed by atoms with E-state index in [1.54, 1.807) is 4.90 Å². The number of carbonyl (C=O) groups is 3. The number of nitrogens with zero attached hydrogens (tertiary/aromatic N) is 1. The van der Waals surface area contributed by atoms with Crippen LogP contribution in [0.2, 0.25) is 0 Å².